The van der Waals surface area contributed by atoms with Crippen molar-refractivity contribution in [3.63, 3.8) is 0 Å². The molecular formula is C18H13F3N2O. The Morgan fingerprint density at radius 3 is 2.38 bits per heavy atom. The minimum absolute atomic E-state index is 0.262. The van der Waals surface area contributed by atoms with Gasteiger partial charge in [-0.15, -0.1) is 0 Å². The Hall–Kier alpha value is -2.89. The van der Waals surface area contributed by atoms with E-state index in [1.807, 2.05) is 30.3 Å². The molecule has 0 aliphatic carbocycles. The topological polar surface area (TPSA) is 35.0 Å². The Labute approximate surface area is 136 Å². The predicted octanol–water partition coefficient (Wildman–Crippen LogP) is 4.74. The Morgan fingerprint density at radius 2 is 1.71 bits per heavy atom. The maximum Gasteiger partial charge on any atom is 0.416 e. The third-order valence-corrected chi connectivity index (χ3v) is 3.44. The highest BCUT2D eigenvalue weighted by Crippen LogP contribution is 2.37. The summed E-state index contributed by atoms with van der Waals surface area (Å²) in [6, 6.07) is 14.4. The van der Waals surface area contributed by atoms with E-state index in [1.165, 1.54) is 18.5 Å². The lowest BCUT2D eigenvalue weighted by molar-refractivity contribution is -0.137. The van der Waals surface area contributed by atoms with E-state index in [9.17, 15) is 13.2 Å². The van der Waals surface area contributed by atoms with E-state index < -0.39 is 11.7 Å². The third-order valence-electron chi connectivity index (χ3n) is 3.44. The number of aromatic nitrogens is 2. The average molecular weight is 330 g/mol. The van der Waals surface area contributed by atoms with Crippen molar-refractivity contribution in [2.75, 3.05) is 0 Å². The molecule has 3 nitrogen and oxygen atoms in total. The van der Waals surface area contributed by atoms with Crippen molar-refractivity contribution in [3.8, 4) is 16.9 Å². The van der Waals surface area contributed by atoms with Gasteiger partial charge in [0.1, 0.15) is 12.4 Å². The van der Waals surface area contributed by atoms with Crippen LogP contribution in [0.3, 0.4) is 0 Å². The van der Waals surface area contributed by atoms with Crippen LogP contribution in [0.25, 0.3) is 11.1 Å². The molecular weight excluding hydrogens is 317 g/mol. The van der Waals surface area contributed by atoms with Gasteiger partial charge in [-0.3, -0.25) is 0 Å². The van der Waals surface area contributed by atoms with Crippen LogP contribution in [0.4, 0.5) is 13.2 Å². The SMILES string of the molecule is FC(F)(F)c1ccc(OCc2ccccc2)c(-c2ccnnc2)c1. The molecule has 0 N–H and O–H groups in total. The smallest absolute Gasteiger partial charge is 0.416 e. The van der Waals surface area contributed by atoms with Crippen LogP contribution in [0.5, 0.6) is 5.75 Å². The first-order chi connectivity index (χ1) is 11.5. The highest BCUT2D eigenvalue weighted by Gasteiger charge is 2.31. The first-order valence-corrected chi connectivity index (χ1v) is 7.19. The second-order valence-electron chi connectivity index (χ2n) is 5.11. The summed E-state index contributed by atoms with van der Waals surface area (Å²) in [4.78, 5) is 0. The summed E-state index contributed by atoms with van der Waals surface area (Å²) in [6.45, 7) is 0.262. The molecule has 6 heteroatoms. The molecule has 1 aromatic heterocycles. The normalized spacial score (nSPS) is 11.3. The fraction of sp³-hybridized carbons (Fsp3) is 0.111. The minimum Gasteiger partial charge on any atom is -0.488 e. The zero-order valence-electron chi connectivity index (χ0n) is 12.5. The van der Waals surface area contributed by atoms with Crippen LogP contribution in [0.15, 0.2) is 67.0 Å². The zero-order valence-corrected chi connectivity index (χ0v) is 12.5. The number of hydrogen-bond donors (Lipinski definition) is 0. The van der Waals surface area contributed by atoms with Crippen molar-refractivity contribution in [2.45, 2.75) is 12.8 Å². The lowest BCUT2D eigenvalue weighted by atomic mass is 10.0. The Morgan fingerprint density at radius 1 is 0.917 bits per heavy atom. The van der Waals surface area contributed by atoms with Crippen molar-refractivity contribution in [1.82, 2.24) is 10.2 Å². The number of alkyl halides is 3. The molecule has 2 aromatic carbocycles. The molecule has 0 unspecified atom stereocenters. The maximum atomic E-state index is 13.0. The number of hydrogen-bond acceptors (Lipinski definition) is 3. The van der Waals surface area contributed by atoms with Gasteiger partial charge in [-0.05, 0) is 29.8 Å². The second kappa shape index (κ2) is 6.70. The molecule has 0 fully saturated rings. The van der Waals surface area contributed by atoms with Gasteiger partial charge >= 0.3 is 6.18 Å². The second-order valence-corrected chi connectivity index (χ2v) is 5.11. The van der Waals surface area contributed by atoms with Gasteiger partial charge in [0.2, 0.25) is 0 Å². The fourth-order valence-electron chi connectivity index (χ4n) is 2.24. The molecule has 0 bridgehead atoms. The highest BCUT2D eigenvalue weighted by atomic mass is 19.4. The summed E-state index contributed by atoms with van der Waals surface area (Å²) in [7, 11) is 0. The first kappa shape index (κ1) is 16.0. The molecule has 0 spiro atoms. The van der Waals surface area contributed by atoms with E-state index in [4.69, 9.17) is 4.74 Å². The largest absolute Gasteiger partial charge is 0.488 e. The standard InChI is InChI=1S/C18H13F3N2O/c19-18(20,21)15-6-7-17(24-12-13-4-2-1-3-5-13)16(10-15)14-8-9-22-23-11-14/h1-11H,12H2. The van der Waals surface area contributed by atoms with Gasteiger partial charge in [0, 0.05) is 11.1 Å². The van der Waals surface area contributed by atoms with Crippen LogP contribution in [0.1, 0.15) is 11.1 Å². The van der Waals surface area contributed by atoms with Crippen molar-refractivity contribution >= 4 is 0 Å². The summed E-state index contributed by atoms with van der Waals surface area (Å²) in [6.07, 6.45) is -1.59. The molecule has 0 aliphatic rings. The Kier molecular flexibility index (Phi) is 4.46. The molecule has 0 amide bonds. The Bertz CT molecular complexity index is 805. The number of rotatable bonds is 4. The van der Waals surface area contributed by atoms with Crippen LogP contribution in [-0.4, -0.2) is 10.2 Å². The van der Waals surface area contributed by atoms with Crippen LogP contribution >= 0.6 is 0 Å². The molecule has 122 valence electrons. The van der Waals surface area contributed by atoms with Crippen LogP contribution in [0.2, 0.25) is 0 Å². The van der Waals surface area contributed by atoms with Gasteiger partial charge in [-0.1, -0.05) is 30.3 Å². The molecule has 24 heavy (non-hydrogen) atoms. The van der Waals surface area contributed by atoms with E-state index in [0.717, 1.165) is 17.7 Å². The summed E-state index contributed by atoms with van der Waals surface area (Å²) in [5.74, 6) is 0.361. The maximum absolute atomic E-state index is 13.0. The highest BCUT2D eigenvalue weighted by molar-refractivity contribution is 5.70. The van der Waals surface area contributed by atoms with Crippen molar-refractivity contribution in [2.24, 2.45) is 0 Å². The lowest BCUT2D eigenvalue weighted by Gasteiger charge is -2.14. The average Bonchev–Trinajstić information content (AvgIpc) is 2.61. The van der Waals surface area contributed by atoms with Crippen molar-refractivity contribution in [1.29, 1.82) is 0 Å². The number of benzene rings is 2. The summed E-state index contributed by atoms with van der Waals surface area (Å²) in [5.41, 5.74) is 1.03. The fourth-order valence-corrected chi connectivity index (χ4v) is 2.24. The molecule has 0 atom stereocenters. The third kappa shape index (κ3) is 3.71. The molecule has 3 rings (SSSR count). The molecule has 0 radical (unpaired) electrons. The number of nitrogens with zero attached hydrogens (tertiary/aromatic N) is 2. The van der Waals surface area contributed by atoms with E-state index in [0.29, 0.717) is 16.9 Å². The van der Waals surface area contributed by atoms with Gasteiger partial charge in [0.25, 0.3) is 0 Å². The summed E-state index contributed by atoms with van der Waals surface area (Å²) < 4.78 is 44.7. The van der Waals surface area contributed by atoms with Gasteiger partial charge in [0.05, 0.1) is 18.0 Å². The van der Waals surface area contributed by atoms with Crippen molar-refractivity contribution < 1.29 is 17.9 Å². The molecule has 0 saturated heterocycles. The van der Waals surface area contributed by atoms with Gasteiger partial charge < -0.3 is 4.74 Å². The Balaban J connectivity index is 1.96. The minimum atomic E-state index is -4.42. The van der Waals surface area contributed by atoms with Crippen molar-refractivity contribution in [3.05, 3.63) is 78.1 Å². The van der Waals surface area contributed by atoms with E-state index in [-0.39, 0.29) is 6.61 Å². The summed E-state index contributed by atoms with van der Waals surface area (Å²) in [5, 5.41) is 7.38. The molecule has 0 aliphatic heterocycles. The zero-order chi connectivity index (χ0) is 17.0. The number of ether oxygens (including phenoxy) is 1. The quantitative estimate of drug-likeness (QED) is 0.693. The monoisotopic (exact) mass is 330 g/mol. The van der Waals surface area contributed by atoms with E-state index in [2.05, 4.69) is 10.2 Å². The number of halogens is 3. The van der Waals surface area contributed by atoms with Gasteiger partial charge in [-0.2, -0.15) is 23.4 Å². The molecule has 3 aromatic rings. The van der Waals surface area contributed by atoms with Gasteiger partial charge in [-0.25, -0.2) is 0 Å². The predicted molar refractivity (Wildman–Crippen MR) is 83.2 cm³/mol. The molecule has 1 heterocycles. The van der Waals surface area contributed by atoms with E-state index in [1.54, 1.807) is 6.07 Å². The van der Waals surface area contributed by atoms with E-state index >= 15 is 0 Å². The molecule has 0 saturated carbocycles. The first-order valence-electron chi connectivity index (χ1n) is 7.19. The van der Waals surface area contributed by atoms with Crippen LogP contribution in [-0.2, 0) is 12.8 Å². The summed E-state index contributed by atoms with van der Waals surface area (Å²) >= 11 is 0. The van der Waals surface area contributed by atoms with Gasteiger partial charge in [0.15, 0.2) is 0 Å². The van der Waals surface area contributed by atoms with Crippen LogP contribution < -0.4 is 4.74 Å². The van der Waals surface area contributed by atoms with Crippen LogP contribution in [0, 0.1) is 0 Å². The lowest BCUT2D eigenvalue weighted by Crippen LogP contribution is -2.06.